The Labute approximate surface area is 105 Å². The van der Waals surface area contributed by atoms with Crippen LogP contribution in [-0.4, -0.2) is 35.4 Å². The number of benzene rings is 1. The Morgan fingerprint density at radius 1 is 1.44 bits per heavy atom. The molecule has 0 atom stereocenters. The van der Waals surface area contributed by atoms with Gasteiger partial charge in [0.2, 0.25) is 0 Å². The highest BCUT2D eigenvalue weighted by Crippen LogP contribution is 2.23. The maximum atomic E-state index is 12.2. The van der Waals surface area contributed by atoms with Crippen LogP contribution in [0.4, 0.5) is 5.69 Å². The lowest BCUT2D eigenvalue weighted by atomic mass is 9.98. The summed E-state index contributed by atoms with van der Waals surface area (Å²) in [6.07, 6.45) is 1.49. The molecule has 1 heterocycles. The summed E-state index contributed by atoms with van der Waals surface area (Å²) in [5, 5.41) is 10.7. The Kier molecular flexibility index (Phi) is 3.57. The Morgan fingerprint density at radius 3 is 2.89 bits per heavy atom. The van der Waals surface area contributed by atoms with Crippen LogP contribution in [0.1, 0.15) is 22.3 Å². The van der Waals surface area contributed by atoms with Gasteiger partial charge in [-0.1, -0.05) is 6.07 Å². The van der Waals surface area contributed by atoms with Crippen molar-refractivity contribution < 1.29 is 9.72 Å². The third kappa shape index (κ3) is 2.33. The lowest BCUT2D eigenvalue weighted by Gasteiger charge is -2.28. The average molecular weight is 249 g/mol. The molecule has 1 amide bonds. The van der Waals surface area contributed by atoms with Crippen molar-refractivity contribution in [2.24, 2.45) is 5.73 Å². The van der Waals surface area contributed by atoms with Gasteiger partial charge in [0.25, 0.3) is 11.6 Å². The predicted molar refractivity (Wildman–Crippen MR) is 66.4 cm³/mol. The second-order valence-corrected chi connectivity index (χ2v) is 4.28. The molecule has 0 aliphatic carbocycles. The van der Waals surface area contributed by atoms with E-state index in [4.69, 9.17) is 5.73 Å². The van der Waals surface area contributed by atoms with Gasteiger partial charge in [-0.2, -0.15) is 0 Å². The highest BCUT2D eigenvalue weighted by atomic mass is 16.6. The van der Waals surface area contributed by atoms with Crippen LogP contribution in [-0.2, 0) is 6.42 Å². The van der Waals surface area contributed by atoms with Crippen molar-refractivity contribution in [3.05, 3.63) is 39.4 Å². The van der Waals surface area contributed by atoms with Crippen LogP contribution >= 0.6 is 0 Å². The summed E-state index contributed by atoms with van der Waals surface area (Å²) in [6, 6.07) is 4.49. The molecule has 0 saturated carbocycles. The van der Waals surface area contributed by atoms with Crippen LogP contribution in [0.15, 0.2) is 18.2 Å². The van der Waals surface area contributed by atoms with E-state index in [2.05, 4.69) is 0 Å². The molecule has 2 N–H and O–H groups in total. The van der Waals surface area contributed by atoms with Gasteiger partial charge in [0, 0.05) is 30.8 Å². The van der Waals surface area contributed by atoms with Crippen molar-refractivity contribution in [3.63, 3.8) is 0 Å². The van der Waals surface area contributed by atoms with Gasteiger partial charge < -0.3 is 10.6 Å². The number of nitro groups is 1. The van der Waals surface area contributed by atoms with E-state index in [9.17, 15) is 14.9 Å². The minimum Gasteiger partial charge on any atom is -0.338 e. The molecule has 0 aromatic heterocycles. The fourth-order valence-corrected chi connectivity index (χ4v) is 2.12. The third-order valence-electron chi connectivity index (χ3n) is 3.11. The molecular formula is C12H15N3O3. The third-order valence-corrected chi connectivity index (χ3v) is 3.11. The maximum absolute atomic E-state index is 12.2. The van der Waals surface area contributed by atoms with E-state index >= 15 is 0 Å². The van der Waals surface area contributed by atoms with E-state index in [0.29, 0.717) is 25.2 Å². The normalized spacial score (nSPS) is 14.5. The summed E-state index contributed by atoms with van der Waals surface area (Å²) in [5.74, 6) is -0.131. The number of hydrogen-bond donors (Lipinski definition) is 1. The van der Waals surface area contributed by atoms with Crippen LogP contribution in [0.5, 0.6) is 0 Å². The number of carbonyl (C=O) groups excluding carboxylic acids is 1. The van der Waals surface area contributed by atoms with E-state index in [1.54, 1.807) is 11.0 Å². The second kappa shape index (κ2) is 5.14. The molecule has 96 valence electrons. The predicted octanol–water partition coefficient (Wildman–Crippen LogP) is 0.942. The molecule has 6 nitrogen and oxygen atoms in total. The fourth-order valence-electron chi connectivity index (χ4n) is 2.12. The molecule has 1 aromatic rings. The summed E-state index contributed by atoms with van der Waals surface area (Å²) in [6.45, 7) is 1.80. The van der Waals surface area contributed by atoms with Gasteiger partial charge in [-0.05, 0) is 24.9 Å². The Bertz CT molecular complexity index is 487. The summed E-state index contributed by atoms with van der Waals surface area (Å²) < 4.78 is 0. The zero-order valence-corrected chi connectivity index (χ0v) is 9.96. The topological polar surface area (TPSA) is 89.5 Å². The molecule has 0 unspecified atom stereocenters. The van der Waals surface area contributed by atoms with E-state index < -0.39 is 4.92 Å². The van der Waals surface area contributed by atoms with Crippen molar-refractivity contribution in [1.82, 2.24) is 4.90 Å². The highest BCUT2D eigenvalue weighted by Gasteiger charge is 2.25. The van der Waals surface area contributed by atoms with E-state index in [-0.39, 0.29) is 11.6 Å². The number of carbonyl (C=O) groups is 1. The minimum absolute atomic E-state index is 0.0391. The van der Waals surface area contributed by atoms with Crippen molar-refractivity contribution >= 4 is 11.6 Å². The SMILES string of the molecule is NCCCN1CCc2ccc([N+](=O)[O-])cc2C1=O. The Hall–Kier alpha value is -1.95. The van der Waals surface area contributed by atoms with Gasteiger partial charge in [0.15, 0.2) is 0 Å². The van der Waals surface area contributed by atoms with Crippen LogP contribution < -0.4 is 5.73 Å². The maximum Gasteiger partial charge on any atom is 0.270 e. The molecule has 0 saturated heterocycles. The van der Waals surface area contributed by atoms with Gasteiger partial charge in [-0.3, -0.25) is 14.9 Å². The first-order valence-corrected chi connectivity index (χ1v) is 5.90. The first-order valence-electron chi connectivity index (χ1n) is 5.90. The summed E-state index contributed by atoms with van der Waals surface area (Å²) in [5.41, 5.74) is 6.72. The minimum atomic E-state index is -0.480. The number of nitrogens with zero attached hydrogens (tertiary/aromatic N) is 2. The summed E-state index contributed by atoms with van der Waals surface area (Å²) in [4.78, 5) is 24.1. The number of fused-ring (bicyclic) bond motifs is 1. The molecule has 18 heavy (non-hydrogen) atoms. The Morgan fingerprint density at radius 2 is 2.22 bits per heavy atom. The summed E-state index contributed by atoms with van der Waals surface area (Å²) >= 11 is 0. The molecule has 1 aromatic carbocycles. The van der Waals surface area contributed by atoms with Crippen molar-refractivity contribution in [2.75, 3.05) is 19.6 Å². The first kappa shape index (κ1) is 12.5. The van der Waals surface area contributed by atoms with Crippen LogP contribution in [0.3, 0.4) is 0 Å². The second-order valence-electron chi connectivity index (χ2n) is 4.28. The smallest absolute Gasteiger partial charge is 0.270 e. The molecule has 0 radical (unpaired) electrons. The standard InChI is InChI=1S/C12H15N3O3/c13-5-1-6-14-7-4-9-2-3-10(15(17)18)8-11(9)12(14)16/h2-3,8H,1,4-7,13H2. The molecule has 0 fully saturated rings. The molecule has 1 aliphatic heterocycles. The van der Waals surface area contributed by atoms with Gasteiger partial charge in [-0.15, -0.1) is 0 Å². The van der Waals surface area contributed by atoms with Gasteiger partial charge in [-0.25, -0.2) is 0 Å². The highest BCUT2D eigenvalue weighted by molar-refractivity contribution is 5.97. The monoisotopic (exact) mass is 249 g/mol. The largest absolute Gasteiger partial charge is 0.338 e. The number of non-ortho nitro benzene ring substituents is 1. The zero-order valence-electron chi connectivity index (χ0n) is 9.96. The quantitative estimate of drug-likeness (QED) is 0.635. The lowest BCUT2D eigenvalue weighted by molar-refractivity contribution is -0.384. The number of nitrogens with two attached hydrogens (primary N) is 1. The van der Waals surface area contributed by atoms with Crippen molar-refractivity contribution in [2.45, 2.75) is 12.8 Å². The molecular weight excluding hydrogens is 234 g/mol. The number of nitro benzene ring substituents is 1. The average Bonchev–Trinajstić information content (AvgIpc) is 2.37. The van der Waals surface area contributed by atoms with E-state index in [0.717, 1.165) is 18.4 Å². The lowest BCUT2D eigenvalue weighted by Crippen LogP contribution is -2.38. The molecule has 2 rings (SSSR count). The molecule has 0 spiro atoms. The van der Waals surface area contributed by atoms with E-state index in [1.807, 2.05) is 0 Å². The van der Waals surface area contributed by atoms with E-state index in [1.165, 1.54) is 12.1 Å². The first-order chi connectivity index (χ1) is 8.63. The Balaban J connectivity index is 2.26. The van der Waals surface area contributed by atoms with Crippen LogP contribution in [0.25, 0.3) is 0 Å². The number of rotatable bonds is 4. The van der Waals surface area contributed by atoms with Crippen molar-refractivity contribution in [3.8, 4) is 0 Å². The van der Waals surface area contributed by atoms with Crippen molar-refractivity contribution in [1.29, 1.82) is 0 Å². The van der Waals surface area contributed by atoms with Crippen LogP contribution in [0, 0.1) is 10.1 Å². The zero-order chi connectivity index (χ0) is 13.1. The van der Waals surface area contributed by atoms with Gasteiger partial charge in [0.05, 0.1) is 4.92 Å². The molecule has 6 heteroatoms. The summed E-state index contributed by atoms with van der Waals surface area (Å²) in [7, 11) is 0. The number of hydrogen-bond acceptors (Lipinski definition) is 4. The fraction of sp³-hybridized carbons (Fsp3) is 0.417. The molecule has 0 bridgehead atoms. The molecule has 1 aliphatic rings. The van der Waals surface area contributed by atoms with Gasteiger partial charge >= 0.3 is 0 Å². The van der Waals surface area contributed by atoms with Crippen LogP contribution in [0.2, 0.25) is 0 Å². The number of amides is 1. The van der Waals surface area contributed by atoms with Gasteiger partial charge in [0.1, 0.15) is 0 Å².